The first-order valence-corrected chi connectivity index (χ1v) is 11.5. The number of amides is 1. The molecule has 1 aliphatic carbocycles. The van der Waals surface area contributed by atoms with Crippen LogP contribution in [-0.4, -0.2) is 73.0 Å². The molecule has 154 valence electrons. The molecule has 0 spiro atoms. The molecule has 3 aliphatic rings. The van der Waals surface area contributed by atoms with E-state index in [0.29, 0.717) is 5.70 Å². The molecule has 1 fully saturated rings. The number of ether oxygens (including phenoxy) is 2. The highest BCUT2D eigenvalue weighted by atomic mass is 32.2. The lowest BCUT2D eigenvalue weighted by atomic mass is 9.98. The van der Waals surface area contributed by atoms with Gasteiger partial charge >= 0.3 is 12.1 Å². The zero-order chi connectivity index (χ0) is 20.9. The largest absolute Gasteiger partial charge is 0.468 e. The second kappa shape index (κ2) is 7.14. The number of carbonyl (C=O) groups is 2. The van der Waals surface area contributed by atoms with Gasteiger partial charge in [0.1, 0.15) is 10.9 Å². The predicted octanol–water partition coefficient (Wildman–Crippen LogP) is 1.86. The van der Waals surface area contributed by atoms with Crippen LogP contribution in [0.15, 0.2) is 34.4 Å². The zero-order valence-electron chi connectivity index (χ0n) is 16.5. The van der Waals surface area contributed by atoms with Crippen LogP contribution in [0.25, 0.3) is 0 Å². The van der Waals surface area contributed by atoms with Crippen molar-refractivity contribution < 1.29 is 27.5 Å². The molecule has 1 saturated heterocycles. The monoisotopic (exact) mass is 428 g/mol. The highest BCUT2D eigenvalue weighted by Gasteiger charge is 2.42. The Morgan fingerprint density at radius 3 is 2.46 bits per heavy atom. The third kappa shape index (κ3) is 4.07. The number of rotatable bonds is 2. The Kier molecular flexibility index (Phi) is 5.30. The van der Waals surface area contributed by atoms with Gasteiger partial charge in [-0.3, -0.25) is 14.0 Å². The van der Waals surface area contributed by atoms with E-state index in [4.69, 9.17) is 9.47 Å². The number of methoxy groups -OCH3 is 1. The van der Waals surface area contributed by atoms with E-state index in [0.717, 1.165) is 16.7 Å². The van der Waals surface area contributed by atoms with E-state index in [-0.39, 0.29) is 19.1 Å². The van der Waals surface area contributed by atoms with Gasteiger partial charge in [0, 0.05) is 11.4 Å². The van der Waals surface area contributed by atoms with Crippen LogP contribution < -0.4 is 0 Å². The molecule has 0 saturated carbocycles. The van der Waals surface area contributed by atoms with Crippen LogP contribution in [0.2, 0.25) is 0 Å². The fourth-order valence-corrected chi connectivity index (χ4v) is 5.37. The SMILES string of the molecule is COC(=O)C1C=C2C=C3C(C=C2S1)N(C(=O)OC(C)(C)C)CCN3S(C)(=O)=O. The van der Waals surface area contributed by atoms with Crippen LogP contribution in [0.1, 0.15) is 20.8 Å². The van der Waals surface area contributed by atoms with Gasteiger partial charge in [-0.05, 0) is 38.5 Å². The van der Waals surface area contributed by atoms with E-state index in [2.05, 4.69) is 0 Å². The zero-order valence-corrected chi connectivity index (χ0v) is 18.1. The summed E-state index contributed by atoms with van der Waals surface area (Å²) in [6.07, 6.45) is 5.93. The molecule has 8 nitrogen and oxygen atoms in total. The highest BCUT2D eigenvalue weighted by molar-refractivity contribution is 8.05. The predicted molar refractivity (Wildman–Crippen MR) is 106 cm³/mol. The van der Waals surface area contributed by atoms with Crippen LogP contribution >= 0.6 is 11.8 Å². The molecule has 2 unspecified atom stereocenters. The van der Waals surface area contributed by atoms with Gasteiger partial charge in [-0.1, -0.05) is 6.08 Å². The van der Waals surface area contributed by atoms with E-state index < -0.39 is 33.0 Å². The molecule has 28 heavy (non-hydrogen) atoms. The third-order valence-corrected chi connectivity index (χ3v) is 6.82. The maximum atomic E-state index is 12.7. The molecular weight excluding hydrogens is 404 g/mol. The number of nitrogens with zero attached hydrogens (tertiary/aromatic N) is 2. The molecule has 0 aromatic rings. The maximum absolute atomic E-state index is 12.7. The van der Waals surface area contributed by atoms with Crippen molar-refractivity contribution in [2.75, 3.05) is 26.5 Å². The van der Waals surface area contributed by atoms with E-state index >= 15 is 0 Å². The average molecular weight is 429 g/mol. The van der Waals surface area contributed by atoms with E-state index in [1.165, 1.54) is 28.1 Å². The summed E-state index contributed by atoms with van der Waals surface area (Å²) in [6, 6.07) is -0.589. The van der Waals surface area contributed by atoms with Crippen molar-refractivity contribution in [3.8, 4) is 0 Å². The van der Waals surface area contributed by atoms with Gasteiger partial charge < -0.3 is 9.47 Å². The van der Waals surface area contributed by atoms with E-state index in [9.17, 15) is 18.0 Å². The van der Waals surface area contributed by atoms with E-state index in [1.54, 1.807) is 32.9 Å². The second-order valence-electron chi connectivity index (χ2n) is 7.74. The smallest absolute Gasteiger partial charge is 0.411 e. The van der Waals surface area contributed by atoms with Gasteiger partial charge in [0.25, 0.3) is 0 Å². The number of allylic oxidation sites excluding steroid dienone is 2. The standard InChI is InChI=1S/C18H24N2O6S2/c1-18(2,3)26-17(22)19-6-7-20(28(5,23)24)13-8-11-9-15(16(21)25-4)27-14(11)10-12(13)19/h8-10,12,15H,6-7H2,1-5H3. The van der Waals surface area contributed by atoms with Crippen molar-refractivity contribution in [1.82, 2.24) is 9.21 Å². The van der Waals surface area contributed by atoms with Gasteiger partial charge in [-0.2, -0.15) is 0 Å². The molecule has 2 aliphatic heterocycles. The van der Waals surface area contributed by atoms with Gasteiger partial charge in [-0.15, -0.1) is 11.8 Å². The molecule has 0 bridgehead atoms. The number of hydrogen-bond donors (Lipinski definition) is 0. The molecule has 0 N–H and O–H groups in total. The average Bonchev–Trinajstić information content (AvgIpc) is 2.98. The molecular formula is C18H24N2O6S2. The molecule has 10 heteroatoms. The summed E-state index contributed by atoms with van der Waals surface area (Å²) in [5.74, 6) is -0.377. The fourth-order valence-electron chi connectivity index (χ4n) is 3.26. The summed E-state index contributed by atoms with van der Waals surface area (Å²) in [4.78, 5) is 27.0. The number of sulfonamides is 1. The summed E-state index contributed by atoms with van der Waals surface area (Å²) in [5, 5.41) is -0.495. The normalized spacial score (nSPS) is 24.5. The minimum Gasteiger partial charge on any atom is -0.468 e. The van der Waals surface area contributed by atoms with Crippen molar-refractivity contribution in [3.63, 3.8) is 0 Å². The van der Waals surface area contributed by atoms with Crippen molar-refractivity contribution in [1.29, 1.82) is 0 Å². The minimum atomic E-state index is -3.51. The summed E-state index contributed by atoms with van der Waals surface area (Å²) >= 11 is 1.32. The fraction of sp³-hybridized carbons (Fsp3) is 0.556. The Balaban J connectivity index is 1.99. The van der Waals surface area contributed by atoms with Gasteiger partial charge in [-0.25, -0.2) is 13.2 Å². The summed E-state index contributed by atoms with van der Waals surface area (Å²) in [6.45, 7) is 5.69. The number of hydrogen-bond acceptors (Lipinski definition) is 7. The Labute approximate surface area is 169 Å². The lowest BCUT2D eigenvalue weighted by Gasteiger charge is -2.43. The molecule has 0 radical (unpaired) electrons. The first-order valence-electron chi connectivity index (χ1n) is 8.78. The molecule has 2 heterocycles. The van der Waals surface area contributed by atoms with Crippen LogP contribution in [0.5, 0.6) is 0 Å². The van der Waals surface area contributed by atoms with Crippen LogP contribution in [-0.2, 0) is 24.3 Å². The molecule has 2 atom stereocenters. The van der Waals surface area contributed by atoms with Crippen LogP contribution in [0.4, 0.5) is 4.79 Å². The summed E-state index contributed by atoms with van der Waals surface area (Å²) in [5.41, 5.74) is 0.562. The van der Waals surface area contributed by atoms with Gasteiger partial charge in [0.15, 0.2) is 0 Å². The van der Waals surface area contributed by atoms with Crippen molar-refractivity contribution in [2.45, 2.75) is 37.7 Å². The minimum absolute atomic E-state index is 0.143. The van der Waals surface area contributed by atoms with Crippen molar-refractivity contribution >= 4 is 33.8 Å². The van der Waals surface area contributed by atoms with Crippen molar-refractivity contribution in [3.05, 3.63) is 34.4 Å². The quantitative estimate of drug-likeness (QED) is 0.620. The second-order valence-corrected chi connectivity index (χ2v) is 10.8. The Hall–Kier alpha value is -1.94. The summed E-state index contributed by atoms with van der Waals surface area (Å²) in [7, 11) is -2.19. The molecule has 0 aromatic heterocycles. The first-order chi connectivity index (χ1) is 12.9. The Morgan fingerprint density at radius 1 is 1.21 bits per heavy atom. The Bertz CT molecular complexity index is 898. The molecule has 0 aromatic carbocycles. The maximum Gasteiger partial charge on any atom is 0.411 e. The van der Waals surface area contributed by atoms with Gasteiger partial charge in [0.2, 0.25) is 10.0 Å². The number of piperazine rings is 1. The lowest BCUT2D eigenvalue weighted by molar-refractivity contribution is -0.139. The van der Waals surface area contributed by atoms with Crippen LogP contribution in [0.3, 0.4) is 0 Å². The lowest BCUT2D eigenvalue weighted by Crippen LogP contribution is -2.55. The number of carbonyl (C=O) groups excluding carboxylic acids is 2. The van der Waals surface area contributed by atoms with Crippen LogP contribution in [0, 0.1) is 0 Å². The number of thioether (sulfide) groups is 1. The van der Waals surface area contributed by atoms with Gasteiger partial charge in [0.05, 0.1) is 31.6 Å². The Morgan fingerprint density at radius 2 is 1.89 bits per heavy atom. The highest BCUT2D eigenvalue weighted by Crippen LogP contribution is 2.44. The molecule has 1 amide bonds. The van der Waals surface area contributed by atoms with Crippen molar-refractivity contribution in [2.24, 2.45) is 0 Å². The first kappa shape index (κ1) is 20.8. The summed E-state index contributed by atoms with van der Waals surface area (Å²) < 4.78 is 36.2. The topological polar surface area (TPSA) is 93.2 Å². The molecule has 3 rings (SSSR count). The number of fused-ring (bicyclic) bond motifs is 2. The number of esters is 1. The van der Waals surface area contributed by atoms with E-state index in [1.807, 2.05) is 6.08 Å². The third-order valence-electron chi connectivity index (χ3n) is 4.41.